The van der Waals surface area contributed by atoms with E-state index < -0.39 is 0 Å². The van der Waals surface area contributed by atoms with E-state index in [2.05, 4.69) is 34.7 Å². The summed E-state index contributed by atoms with van der Waals surface area (Å²) in [7, 11) is 2.18. The van der Waals surface area contributed by atoms with Crippen molar-refractivity contribution < 1.29 is 0 Å². The highest BCUT2D eigenvalue weighted by molar-refractivity contribution is 6.31. The van der Waals surface area contributed by atoms with E-state index in [0.717, 1.165) is 48.9 Å². The number of nitrogens with zero attached hydrogens (tertiary/aromatic N) is 1. The summed E-state index contributed by atoms with van der Waals surface area (Å²) in [5.74, 6) is 0. The number of hydrogen-bond acceptors (Lipinski definition) is 3. The molecule has 0 aromatic heterocycles. The van der Waals surface area contributed by atoms with Crippen molar-refractivity contribution in [2.75, 3.05) is 38.5 Å². The van der Waals surface area contributed by atoms with Gasteiger partial charge in [0.25, 0.3) is 0 Å². The zero-order valence-electron chi connectivity index (χ0n) is 11.2. The minimum absolute atomic E-state index is 0.595. The van der Waals surface area contributed by atoms with E-state index in [1.54, 1.807) is 0 Å². The highest BCUT2D eigenvalue weighted by Gasteiger charge is 2.15. The minimum Gasteiger partial charge on any atom is -0.385 e. The molecule has 18 heavy (non-hydrogen) atoms. The summed E-state index contributed by atoms with van der Waals surface area (Å²) in [4.78, 5) is 2.38. The number of anilines is 1. The highest BCUT2D eigenvalue weighted by atomic mass is 35.5. The molecule has 0 aliphatic carbocycles. The standard InChI is InChI=1S/C14H22ClN3/c1-11-3-4-12(9-14(11)15)16-6-5-13-10-18(2)8-7-17-13/h3-4,9,13,16-17H,5-8,10H2,1-2H3. The van der Waals surface area contributed by atoms with Crippen LogP contribution in [0.3, 0.4) is 0 Å². The molecule has 1 fully saturated rings. The molecule has 1 atom stereocenters. The second-order valence-electron chi connectivity index (χ2n) is 5.09. The average Bonchev–Trinajstić information content (AvgIpc) is 2.34. The number of hydrogen-bond donors (Lipinski definition) is 2. The summed E-state index contributed by atoms with van der Waals surface area (Å²) in [5.41, 5.74) is 2.23. The van der Waals surface area contributed by atoms with Gasteiger partial charge in [0.15, 0.2) is 0 Å². The van der Waals surface area contributed by atoms with Gasteiger partial charge in [-0.1, -0.05) is 17.7 Å². The SMILES string of the molecule is Cc1ccc(NCCC2CN(C)CCN2)cc1Cl. The molecule has 3 nitrogen and oxygen atoms in total. The van der Waals surface area contributed by atoms with Gasteiger partial charge in [-0.3, -0.25) is 0 Å². The van der Waals surface area contributed by atoms with Crippen LogP contribution in [0.4, 0.5) is 5.69 Å². The molecule has 1 aromatic carbocycles. The minimum atomic E-state index is 0.595. The molecule has 100 valence electrons. The Bertz CT molecular complexity index is 395. The van der Waals surface area contributed by atoms with Gasteiger partial charge in [0.2, 0.25) is 0 Å². The van der Waals surface area contributed by atoms with E-state index in [9.17, 15) is 0 Å². The topological polar surface area (TPSA) is 27.3 Å². The second-order valence-corrected chi connectivity index (χ2v) is 5.50. The van der Waals surface area contributed by atoms with Gasteiger partial charge in [0.1, 0.15) is 0 Å². The number of nitrogens with one attached hydrogen (secondary N) is 2. The molecule has 1 heterocycles. The van der Waals surface area contributed by atoms with Gasteiger partial charge in [-0.05, 0) is 38.1 Å². The fourth-order valence-electron chi connectivity index (χ4n) is 2.28. The maximum absolute atomic E-state index is 6.10. The van der Waals surface area contributed by atoms with E-state index in [1.165, 1.54) is 0 Å². The summed E-state index contributed by atoms with van der Waals surface area (Å²) < 4.78 is 0. The molecule has 0 saturated carbocycles. The van der Waals surface area contributed by atoms with Crippen molar-refractivity contribution >= 4 is 17.3 Å². The molecular formula is C14H22ClN3. The van der Waals surface area contributed by atoms with E-state index in [4.69, 9.17) is 11.6 Å². The van der Waals surface area contributed by atoms with Gasteiger partial charge >= 0.3 is 0 Å². The summed E-state index contributed by atoms with van der Waals surface area (Å²) in [6, 6.07) is 6.73. The van der Waals surface area contributed by atoms with Crippen LogP contribution in [0.5, 0.6) is 0 Å². The van der Waals surface area contributed by atoms with Crippen LogP contribution in [0, 0.1) is 6.92 Å². The van der Waals surface area contributed by atoms with E-state index in [0.29, 0.717) is 6.04 Å². The molecule has 0 bridgehead atoms. The number of halogens is 1. The molecule has 1 aliphatic heterocycles. The van der Waals surface area contributed by atoms with Crippen LogP contribution in [0.2, 0.25) is 5.02 Å². The number of likely N-dealkylation sites (N-methyl/N-ethyl adjacent to an activating group) is 1. The lowest BCUT2D eigenvalue weighted by Crippen LogP contribution is -2.49. The van der Waals surface area contributed by atoms with Gasteiger partial charge in [-0.15, -0.1) is 0 Å². The van der Waals surface area contributed by atoms with Crippen LogP contribution in [0.1, 0.15) is 12.0 Å². The molecule has 1 saturated heterocycles. The number of rotatable bonds is 4. The Balaban J connectivity index is 1.76. The Hall–Kier alpha value is -0.770. The third-order valence-corrected chi connectivity index (χ3v) is 3.86. The van der Waals surface area contributed by atoms with Crippen LogP contribution >= 0.6 is 11.6 Å². The molecule has 0 spiro atoms. The molecular weight excluding hydrogens is 246 g/mol. The first-order valence-electron chi connectivity index (χ1n) is 6.57. The van der Waals surface area contributed by atoms with Crippen LogP contribution in [-0.2, 0) is 0 Å². The number of piperazine rings is 1. The van der Waals surface area contributed by atoms with E-state index in [-0.39, 0.29) is 0 Å². The van der Waals surface area contributed by atoms with Gasteiger partial charge in [-0.25, -0.2) is 0 Å². The number of benzene rings is 1. The molecule has 1 aliphatic rings. The summed E-state index contributed by atoms with van der Waals surface area (Å²) in [6.45, 7) is 6.38. The Morgan fingerprint density at radius 3 is 3.06 bits per heavy atom. The first-order chi connectivity index (χ1) is 8.65. The lowest BCUT2D eigenvalue weighted by Gasteiger charge is -2.31. The predicted octanol–water partition coefficient (Wildman–Crippen LogP) is 2.35. The normalized spacial score (nSPS) is 20.9. The average molecular weight is 268 g/mol. The quantitative estimate of drug-likeness (QED) is 0.877. The first-order valence-corrected chi connectivity index (χ1v) is 6.95. The lowest BCUT2D eigenvalue weighted by atomic mass is 10.1. The molecule has 2 rings (SSSR count). The van der Waals surface area contributed by atoms with Crippen molar-refractivity contribution in [1.82, 2.24) is 10.2 Å². The fourth-order valence-corrected chi connectivity index (χ4v) is 2.46. The maximum Gasteiger partial charge on any atom is 0.0455 e. The Labute approximate surface area is 115 Å². The first kappa shape index (κ1) is 13.7. The largest absolute Gasteiger partial charge is 0.385 e. The summed E-state index contributed by atoms with van der Waals surface area (Å²) in [6.07, 6.45) is 1.13. The van der Waals surface area contributed by atoms with E-state index >= 15 is 0 Å². The second kappa shape index (κ2) is 6.41. The highest BCUT2D eigenvalue weighted by Crippen LogP contribution is 2.19. The van der Waals surface area contributed by atoms with Crippen molar-refractivity contribution in [2.24, 2.45) is 0 Å². The molecule has 4 heteroatoms. The Morgan fingerprint density at radius 2 is 2.33 bits per heavy atom. The maximum atomic E-state index is 6.10. The van der Waals surface area contributed by atoms with Crippen LogP contribution in [-0.4, -0.2) is 44.2 Å². The van der Waals surface area contributed by atoms with Crippen molar-refractivity contribution in [2.45, 2.75) is 19.4 Å². The van der Waals surface area contributed by atoms with Gasteiger partial charge in [0, 0.05) is 42.9 Å². The molecule has 1 aromatic rings. The van der Waals surface area contributed by atoms with Gasteiger partial charge in [-0.2, -0.15) is 0 Å². The van der Waals surface area contributed by atoms with Crippen LogP contribution in [0.15, 0.2) is 18.2 Å². The van der Waals surface area contributed by atoms with Crippen molar-refractivity contribution in [1.29, 1.82) is 0 Å². The monoisotopic (exact) mass is 267 g/mol. The zero-order valence-corrected chi connectivity index (χ0v) is 11.9. The third kappa shape index (κ3) is 3.87. The van der Waals surface area contributed by atoms with E-state index in [1.807, 2.05) is 13.0 Å². The summed E-state index contributed by atoms with van der Waals surface area (Å²) in [5, 5.41) is 7.81. The smallest absolute Gasteiger partial charge is 0.0455 e. The Morgan fingerprint density at radius 1 is 1.50 bits per heavy atom. The van der Waals surface area contributed by atoms with Gasteiger partial charge in [0.05, 0.1) is 0 Å². The van der Waals surface area contributed by atoms with Crippen molar-refractivity contribution in [3.63, 3.8) is 0 Å². The molecule has 1 unspecified atom stereocenters. The van der Waals surface area contributed by atoms with Crippen molar-refractivity contribution in [3.05, 3.63) is 28.8 Å². The van der Waals surface area contributed by atoms with Crippen molar-refractivity contribution in [3.8, 4) is 0 Å². The summed E-state index contributed by atoms with van der Waals surface area (Å²) >= 11 is 6.10. The Kier molecular flexibility index (Phi) is 4.87. The fraction of sp³-hybridized carbons (Fsp3) is 0.571. The molecule has 0 radical (unpaired) electrons. The number of aryl methyl sites for hydroxylation is 1. The van der Waals surface area contributed by atoms with Crippen LogP contribution < -0.4 is 10.6 Å². The zero-order chi connectivity index (χ0) is 13.0. The molecule has 0 amide bonds. The third-order valence-electron chi connectivity index (χ3n) is 3.45. The molecule has 2 N–H and O–H groups in total. The van der Waals surface area contributed by atoms with Crippen LogP contribution in [0.25, 0.3) is 0 Å². The lowest BCUT2D eigenvalue weighted by molar-refractivity contribution is 0.234. The predicted molar refractivity (Wildman–Crippen MR) is 78.6 cm³/mol. The van der Waals surface area contributed by atoms with Gasteiger partial charge < -0.3 is 15.5 Å².